The Morgan fingerprint density at radius 3 is 2.88 bits per heavy atom. The molecule has 0 amide bonds. The molecule has 0 saturated carbocycles. The van der Waals surface area contributed by atoms with Gasteiger partial charge in [0.05, 0.1) is 5.75 Å². The first kappa shape index (κ1) is 12.0. The van der Waals surface area contributed by atoms with E-state index in [0.717, 1.165) is 17.3 Å². The van der Waals surface area contributed by atoms with Crippen molar-refractivity contribution >= 4 is 26.6 Å². The summed E-state index contributed by atoms with van der Waals surface area (Å²) in [6.45, 7) is 1.97. The maximum atomic E-state index is 11.7. The van der Waals surface area contributed by atoms with E-state index in [0.29, 0.717) is 12.1 Å². The van der Waals surface area contributed by atoms with E-state index < -0.39 is 10.0 Å². The predicted molar refractivity (Wildman–Crippen MR) is 70.6 cm³/mol. The highest BCUT2D eigenvalue weighted by atomic mass is 32.2. The third-order valence-electron chi connectivity index (χ3n) is 2.59. The van der Waals surface area contributed by atoms with Crippen molar-refractivity contribution in [2.24, 2.45) is 0 Å². The van der Waals surface area contributed by atoms with Gasteiger partial charge in [0.25, 0.3) is 0 Å². The third-order valence-corrected chi connectivity index (χ3v) is 3.97. The molecule has 1 aromatic carbocycles. The average Bonchev–Trinajstić information content (AvgIpc) is 2.73. The summed E-state index contributed by atoms with van der Waals surface area (Å²) in [6, 6.07) is 7.38. The van der Waals surface area contributed by atoms with E-state index >= 15 is 0 Å². The minimum atomic E-state index is -3.21. The van der Waals surface area contributed by atoms with Gasteiger partial charge in [0.2, 0.25) is 10.0 Å². The summed E-state index contributed by atoms with van der Waals surface area (Å²) in [5, 5.41) is 1.00. The Morgan fingerprint density at radius 1 is 1.29 bits per heavy atom. The van der Waals surface area contributed by atoms with Crippen molar-refractivity contribution in [3.05, 3.63) is 30.5 Å². The molecule has 1 aromatic heterocycles. The smallest absolute Gasteiger partial charge is 0.232 e. The molecule has 1 heterocycles. The predicted octanol–water partition coefficient (Wildman–Crippen LogP) is 2.71. The average molecular weight is 252 g/mol. The Hall–Kier alpha value is -1.49. The van der Waals surface area contributed by atoms with Crippen molar-refractivity contribution in [1.82, 2.24) is 4.98 Å². The van der Waals surface area contributed by atoms with Crippen LogP contribution in [0.3, 0.4) is 0 Å². The maximum Gasteiger partial charge on any atom is 0.232 e. The Balaban J connectivity index is 2.17. The molecular weight excluding hydrogens is 236 g/mol. The van der Waals surface area contributed by atoms with E-state index in [9.17, 15) is 8.42 Å². The van der Waals surface area contributed by atoms with Gasteiger partial charge < -0.3 is 4.98 Å². The fourth-order valence-electron chi connectivity index (χ4n) is 1.68. The molecule has 0 unspecified atom stereocenters. The second-order valence-corrected chi connectivity index (χ2v) is 5.90. The normalized spacial score (nSPS) is 11.8. The van der Waals surface area contributed by atoms with Gasteiger partial charge in [0.15, 0.2) is 0 Å². The van der Waals surface area contributed by atoms with Gasteiger partial charge in [-0.2, -0.15) is 0 Å². The van der Waals surface area contributed by atoms with Crippen molar-refractivity contribution in [3.8, 4) is 0 Å². The zero-order valence-electron chi connectivity index (χ0n) is 9.73. The number of unbranched alkanes of at least 4 members (excludes halogenated alkanes) is 1. The Morgan fingerprint density at radius 2 is 2.12 bits per heavy atom. The van der Waals surface area contributed by atoms with Crippen molar-refractivity contribution in [3.63, 3.8) is 0 Å². The van der Waals surface area contributed by atoms with Crippen LogP contribution in [0.5, 0.6) is 0 Å². The Kier molecular flexibility index (Phi) is 3.38. The molecule has 0 aliphatic rings. The minimum Gasteiger partial charge on any atom is -0.361 e. The van der Waals surface area contributed by atoms with Crippen LogP contribution in [0, 0.1) is 0 Å². The molecule has 92 valence electrons. The van der Waals surface area contributed by atoms with Crippen molar-refractivity contribution < 1.29 is 8.42 Å². The number of fused-ring (bicyclic) bond motifs is 1. The second-order valence-electron chi connectivity index (χ2n) is 4.05. The van der Waals surface area contributed by atoms with Gasteiger partial charge >= 0.3 is 0 Å². The van der Waals surface area contributed by atoms with Gasteiger partial charge in [-0.3, -0.25) is 4.72 Å². The number of rotatable bonds is 5. The molecular formula is C12H16N2O2S. The summed E-state index contributed by atoms with van der Waals surface area (Å²) >= 11 is 0. The summed E-state index contributed by atoms with van der Waals surface area (Å²) in [4.78, 5) is 3.07. The van der Waals surface area contributed by atoms with E-state index in [1.54, 1.807) is 6.07 Å². The monoisotopic (exact) mass is 252 g/mol. The van der Waals surface area contributed by atoms with Crippen LogP contribution in [0.15, 0.2) is 30.5 Å². The molecule has 0 bridgehead atoms. The van der Waals surface area contributed by atoms with Crippen LogP contribution in [0.25, 0.3) is 10.9 Å². The first-order valence-corrected chi connectivity index (χ1v) is 7.33. The van der Waals surface area contributed by atoms with Gasteiger partial charge in [-0.25, -0.2) is 8.42 Å². The molecule has 5 heteroatoms. The van der Waals surface area contributed by atoms with Crippen LogP contribution in [-0.4, -0.2) is 19.2 Å². The van der Waals surface area contributed by atoms with Crippen LogP contribution in [-0.2, 0) is 10.0 Å². The fraction of sp³-hybridized carbons (Fsp3) is 0.333. The third kappa shape index (κ3) is 3.00. The first-order valence-electron chi connectivity index (χ1n) is 5.68. The molecule has 4 nitrogen and oxygen atoms in total. The number of benzene rings is 1. The molecule has 0 radical (unpaired) electrons. The highest BCUT2D eigenvalue weighted by Crippen LogP contribution is 2.18. The molecule has 0 fully saturated rings. The van der Waals surface area contributed by atoms with Crippen LogP contribution in [0.2, 0.25) is 0 Å². The highest BCUT2D eigenvalue weighted by molar-refractivity contribution is 7.92. The minimum absolute atomic E-state index is 0.175. The highest BCUT2D eigenvalue weighted by Gasteiger charge is 2.09. The Labute approximate surface area is 101 Å². The van der Waals surface area contributed by atoms with Crippen molar-refractivity contribution in [2.75, 3.05) is 10.5 Å². The molecule has 2 aromatic rings. The van der Waals surface area contributed by atoms with E-state index in [4.69, 9.17) is 0 Å². The molecule has 0 aliphatic carbocycles. The number of sulfonamides is 1. The quantitative estimate of drug-likeness (QED) is 0.859. The molecule has 0 aliphatic heterocycles. The summed E-state index contributed by atoms with van der Waals surface area (Å²) in [6.07, 6.45) is 3.39. The summed E-state index contributed by atoms with van der Waals surface area (Å²) in [7, 11) is -3.21. The van der Waals surface area contributed by atoms with Crippen LogP contribution in [0.4, 0.5) is 5.69 Å². The van der Waals surface area contributed by atoms with Crippen LogP contribution >= 0.6 is 0 Å². The molecule has 2 rings (SSSR count). The van der Waals surface area contributed by atoms with E-state index in [1.165, 1.54) is 0 Å². The lowest BCUT2D eigenvalue weighted by Crippen LogP contribution is -2.16. The number of hydrogen-bond donors (Lipinski definition) is 2. The maximum absolute atomic E-state index is 11.7. The van der Waals surface area contributed by atoms with Gasteiger partial charge in [-0.1, -0.05) is 13.3 Å². The van der Waals surface area contributed by atoms with Crippen LogP contribution in [0.1, 0.15) is 19.8 Å². The number of anilines is 1. The largest absolute Gasteiger partial charge is 0.361 e. The SMILES string of the molecule is CCCCS(=O)(=O)Nc1ccc2[nH]ccc2c1. The number of hydrogen-bond acceptors (Lipinski definition) is 2. The summed E-state index contributed by atoms with van der Waals surface area (Å²) < 4.78 is 26.0. The van der Waals surface area contributed by atoms with E-state index in [1.807, 2.05) is 31.3 Å². The van der Waals surface area contributed by atoms with E-state index in [2.05, 4.69) is 9.71 Å². The number of aromatic amines is 1. The van der Waals surface area contributed by atoms with Gasteiger partial charge in [0.1, 0.15) is 0 Å². The Bertz CT molecular complexity index is 602. The first-order chi connectivity index (χ1) is 8.11. The number of H-pyrrole nitrogens is 1. The lowest BCUT2D eigenvalue weighted by atomic mass is 10.2. The standard InChI is InChI=1S/C12H16N2O2S/c1-2-3-8-17(15,16)14-11-4-5-12-10(9-11)6-7-13-12/h4-7,9,13-14H,2-3,8H2,1H3. The zero-order valence-corrected chi connectivity index (χ0v) is 10.5. The topological polar surface area (TPSA) is 62.0 Å². The van der Waals surface area contributed by atoms with Crippen molar-refractivity contribution in [1.29, 1.82) is 0 Å². The molecule has 2 N–H and O–H groups in total. The van der Waals surface area contributed by atoms with Gasteiger partial charge in [-0.15, -0.1) is 0 Å². The van der Waals surface area contributed by atoms with Crippen LogP contribution < -0.4 is 4.72 Å². The van der Waals surface area contributed by atoms with Gasteiger partial charge in [0, 0.05) is 22.8 Å². The van der Waals surface area contributed by atoms with Gasteiger partial charge in [-0.05, 0) is 30.7 Å². The fourth-order valence-corrected chi connectivity index (χ4v) is 2.94. The lowest BCUT2D eigenvalue weighted by molar-refractivity contribution is 0.598. The molecule has 17 heavy (non-hydrogen) atoms. The second kappa shape index (κ2) is 4.79. The summed E-state index contributed by atoms with van der Waals surface area (Å²) in [5.41, 5.74) is 1.62. The lowest BCUT2D eigenvalue weighted by Gasteiger charge is -2.07. The molecule has 0 atom stereocenters. The number of aromatic nitrogens is 1. The summed E-state index contributed by atoms with van der Waals surface area (Å²) in [5.74, 6) is 0.175. The number of nitrogens with one attached hydrogen (secondary N) is 2. The molecule has 0 spiro atoms. The molecule has 0 saturated heterocycles. The van der Waals surface area contributed by atoms with E-state index in [-0.39, 0.29) is 5.75 Å². The zero-order chi connectivity index (χ0) is 12.3. The van der Waals surface area contributed by atoms with Crippen molar-refractivity contribution in [2.45, 2.75) is 19.8 Å².